The van der Waals surface area contributed by atoms with Crippen molar-refractivity contribution in [3.63, 3.8) is 0 Å². The summed E-state index contributed by atoms with van der Waals surface area (Å²) in [5, 5.41) is 6.61. The van der Waals surface area contributed by atoms with Crippen LogP contribution in [-0.4, -0.2) is 23.9 Å². The van der Waals surface area contributed by atoms with Crippen molar-refractivity contribution in [1.29, 1.82) is 0 Å². The summed E-state index contributed by atoms with van der Waals surface area (Å²) in [5.41, 5.74) is 2.34. The van der Waals surface area contributed by atoms with Crippen LogP contribution in [0, 0.1) is 6.92 Å². The summed E-state index contributed by atoms with van der Waals surface area (Å²) in [6.07, 6.45) is -0.530. The maximum absolute atomic E-state index is 13.1. The van der Waals surface area contributed by atoms with Crippen LogP contribution in [0.1, 0.15) is 22.7 Å². The van der Waals surface area contributed by atoms with Gasteiger partial charge in [0.25, 0.3) is 6.43 Å². The molecule has 1 N–H and O–H groups in total. The fourth-order valence-electron chi connectivity index (χ4n) is 2.64. The van der Waals surface area contributed by atoms with Crippen LogP contribution in [0.5, 0.6) is 5.06 Å². The second-order valence-corrected chi connectivity index (χ2v) is 7.37. The topological polar surface area (TPSA) is 72.8 Å². The average molecular weight is 443 g/mol. The third kappa shape index (κ3) is 5.95. The van der Waals surface area contributed by atoms with Gasteiger partial charge in [0, 0.05) is 5.56 Å². The Labute approximate surface area is 181 Å². The smallest absolute Gasteiger partial charge is 0.397 e. The molecule has 0 radical (unpaired) electrons. The van der Waals surface area contributed by atoms with Gasteiger partial charge in [-0.1, -0.05) is 71.6 Å². The molecule has 0 bridgehead atoms. The Balaban J connectivity index is 1.74. The molecule has 1 amide bonds. The molecule has 31 heavy (non-hydrogen) atoms. The van der Waals surface area contributed by atoms with Crippen LogP contribution in [0.15, 0.2) is 66.3 Å². The van der Waals surface area contributed by atoms with E-state index in [2.05, 4.69) is 22.0 Å². The summed E-state index contributed by atoms with van der Waals surface area (Å²) in [4.78, 5) is 21.0. The van der Waals surface area contributed by atoms with Crippen molar-refractivity contribution in [2.24, 2.45) is 5.16 Å². The largest absolute Gasteiger partial charge is 0.417 e. The summed E-state index contributed by atoms with van der Waals surface area (Å²) in [5.74, 6) is 0. The molecule has 0 unspecified atom stereocenters. The number of hydrogen-bond acceptors (Lipinski definition) is 6. The molecule has 6 nitrogen and oxygen atoms in total. The van der Waals surface area contributed by atoms with Crippen molar-refractivity contribution < 1.29 is 23.1 Å². The van der Waals surface area contributed by atoms with Gasteiger partial charge in [0.1, 0.15) is 6.61 Å². The zero-order chi connectivity index (χ0) is 22.2. The maximum Gasteiger partial charge on any atom is 0.417 e. The van der Waals surface area contributed by atoms with Crippen LogP contribution in [0.4, 0.5) is 19.3 Å². The van der Waals surface area contributed by atoms with Crippen LogP contribution in [0.3, 0.4) is 0 Å². The Morgan fingerprint density at radius 2 is 2.00 bits per heavy atom. The van der Waals surface area contributed by atoms with E-state index in [1.165, 1.54) is 0 Å². The Kier molecular flexibility index (Phi) is 7.45. The molecule has 0 spiro atoms. The number of alkyl halides is 2. The molecule has 0 saturated carbocycles. The number of benzene rings is 2. The minimum Gasteiger partial charge on any atom is -0.397 e. The number of nitrogens with one attached hydrogen (secondary N) is 1. The number of para-hydroxylation sites is 1. The number of carbonyl (C=O) groups excluding carboxylic acids is 1. The van der Waals surface area contributed by atoms with E-state index in [-0.39, 0.29) is 5.06 Å². The van der Waals surface area contributed by atoms with Gasteiger partial charge in [-0.05, 0) is 24.1 Å². The standard InChI is InChI=1S/C22H19F2N3O3S/c1-3-12-29-25-13-15-8-10-16(11-9-15)17-6-4-5-7-18(17)27-22(28)30-21-19(20(23)24)26-14(2)31-21/h3-11,13,20H,1,12H2,2H3,(H,27,28). The number of rotatable bonds is 8. The van der Waals surface area contributed by atoms with E-state index in [1.54, 1.807) is 31.3 Å². The molecule has 0 atom stereocenters. The van der Waals surface area contributed by atoms with Crippen molar-refractivity contribution >= 4 is 29.3 Å². The Morgan fingerprint density at radius 1 is 1.26 bits per heavy atom. The highest BCUT2D eigenvalue weighted by molar-refractivity contribution is 7.13. The molecule has 9 heteroatoms. The number of oxime groups is 1. The lowest BCUT2D eigenvalue weighted by molar-refractivity contribution is 0.142. The minimum absolute atomic E-state index is 0.218. The minimum atomic E-state index is -2.83. The van der Waals surface area contributed by atoms with Crippen LogP contribution >= 0.6 is 11.3 Å². The van der Waals surface area contributed by atoms with Gasteiger partial charge in [-0.3, -0.25) is 5.32 Å². The highest BCUT2D eigenvalue weighted by Crippen LogP contribution is 2.34. The number of nitrogens with zero attached hydrogens (tertiary/aromatic N) is 2. The van der Waals surface area contributed by atoms with Crippen molar-refractivity contribution in [3.8, 4) is 16.2 Å². The number of aryl methyl sites for hydroxylation is 1. The molecular weight excluding hydrogens is 424 g/mol. The van der Waals surface area contributed by atoms with Crippen molar-refractivity contribution in [2.45, 2.75) is 13.3 Å². The molecule has 0 saturated heterocycles. The van der Waals surface area contributed by atoms with Crippen LogP contribution < -0.4 is 10.1 Å². The summed E-state index contributed by atoms with van der Waals surface area (Å²) < 4.78 is 31.2. The first kappa shape index (κ1) is 22.1. The van der Waals surface area contributed by atoms with Crippen molar-refractivity contribution in [1.82, 2.24) is 4.98 Å². The number of halogens is 2. The molecular formula is C22H19F2N3O3S. The van der Waals surface area contributed by atoms with E-state index in [0.717, 1.165) is 28.0 Å². The lowest BCUT2D eigenvalue weighted by atomic mass is 10.0. The number of hydrogen-bond donors (Lipinski definition) is 1. The Bertz CT molecular complexity index is 1080. The molecule has 1 aromatic heterocycles. The van der Waals surface area contributed by atoms with E-state index in [4.69, 9.17) is 9.57 Å². The third-order valence-electron chi connectivity index (χ3n) is 3.97. The molecule has 3 aromatic rings. The van der Waals surface area contributed by atoms with Crippen LogP contribution in [-0.2, 0) is 4.84 Å². The fourth-order valence-corrected chi connectivity index (χ4v) is 3.41. The van der Waals surface area contributed by atoms with Gasteiger partial charge in [0.05, 0.1) is 16.9 Å². The third-order valence-corrected chi connectivity index (χ3v) is 4.84. The van der Waals surface area contributed by atoms with Crippen molar-refractivity contribution in [3.05, 3.63) is 77.5 Å². The predicted octanol–water partition coefficient (Wildman–Crippen LogP) is 6.20. The van der Waals surface area contributed by atoms with E-state index in [9.17, 15) is 13.6 Å². The molecule has 0 aliphatic heterocycles. The molecule has 0 aliphatic carbocycles. The highest BCUT2D eigenvalue weighted by Gasteiger charge is 2.22. The zero-order valence-corrected chi connectivity index (χ0v) is 17.4. The van der Waals surface area contributed by atoms with E-state index < -0.39 is 18.2 Å². The summed E-state index contributed by atoms with van der Waals surface area (Å²) in [6.45, 7) is 5.43. The maximum atomic E-state index is 13.1. The van der Waals surface area contributed by atoms with Gasteiger partial charge in [0.15, 0.2) is 5.69 Å². The summed E-state index contributed by atoms with van der Waals surface area (Å²) >= 11 is 0.891. The number of ether oxygens (including phenoxy) is 1. The summed E-state index contributed by atoms with van der Waals surface area (Å²) in [6, 6.07) is 14.5. The van der Waals surface area contributed by atoms with Gasteiger partial charge in [-0.25, -0.2) is 18.6 Å². The lowest BCUT2D eigenvalue weighted by Gasteiger charge is -2.11. The normalized spacial score (nSPS) is 11.0. The average Bonchev–Trinajstić information content (AvgIpc) is 3.12. The number of amides is 1. The van der Waals surface area contributed by atoms with Crippen LogP contribution in [0.25, 0.3) is 11.1 Å². The number of thiazole rings is 1. The second kappa shape index (κ2) is 10.4. The molecule has 2 aromatic carbocycles. The Morgan fingerprint density at radius 3 is 2.71 bits per heavy atom. The van der Waals surface area contributed by atoms with E-state index in [1.807, 2.05) is 36.4 Å². The SMILES string of the molecule is C=CCON=Cc1ccc(-c2ccccc2NC(=O)Oc2sc(C)nc2C(F)F)cc1. The number of aromatic nitrogens is 1. The monoisotopic (exact) mass is 443 g/mol. The number of anilines is 1. The van der Waals surface area contributed by atoms with Gasteiger partial charge in [-0.2, -0.15) is 0 Å². The lowest BCUT2D eigenvalue weighted by Crippen LogP contribution is -2.17. The molecule has 3 rings (SSSR count). The molecule has 0 fully saturated rings. The highest BCUT2D eigenvalue weighted by atomic mass is 32.1. The molecule has 1 heterocycles. The number of carbonyl (C=O) groups is 1. The quantitative estimate of drug-likeness (QED) is 0.195. The van der Waals surface area contributed by atoms with E-state index >= 15 is 0 Å². The van der Waals surface area contributed by atoms with Gasteiger partial charge >= 0.3 is 6.09 Å². The zero-order valence-electron chi connectivity index (χ0n) is 16.5. The predicted molar refractivity (Wildman–Crippen MR) is 117 cm³/mol. The van der Waals surface area contributed by atoms with E-state index in [0.29, 0.717) is 17.3 Å². The van der Waals surface area contributed by atoms with Crippen LogP contribution in [0.2, 0.25) is 0 Å². The second-order valence-electron chi connectivity index (χ2n) is 6.21. The summed E-state index contributed by atoms with van der Waals surface area (Å²) in [7, 11) is 0. The van der Waals surface area contributed by atoms with Crippen molar-refractivity contribution in [2.75, 3.05) is 11.9 Å². The first-order chi connectivity index (χ1) is 15.0. The molecule has 0 aliphatic rings. The fraction of sp³-hybridized carbons (Fsp3) is 0.136. The van der Waals surface area contributed by atoms with Gasteiger partial charge in [0.2, 0.25) is 5.06 Å². The molecule has 160 valence electrons. The first-order valence-corrected chi connectivity index (χ1v) is 9.99. The van der Waals surface area contributed by atoms with Gasteiger partial charge in [-0.15, -0.1) is 0 Å². The first-order valence-electron chi connectivity index (χ1n) is 9.18. The Hall–Kier alpha value is -3.59. The van der Waals surface area contributed by atoms with Gasteiger partial charge < -0.3 is 9.57 Å².